The lowest BCUT2D eigenvalue weighted by atomic mass is 9.78. The molecule has 0 saturated heterocycles. The van der Waals surface area contributed by atoms with Gasteiger partial charge in [-0.1, -0.05) is 49.4 Å². The Morgan fingerprint density at radius 2 is 1.67 bits per heavy atom. The van der Waals surface area contributed by atoms with Crippen molar-refractivity contribution in [3.8, 4) is 0 Å². The molecule has 0 aliphatic carbocycles. The monoisotopic (exact) mass is 326 g/mol. The average molecular weight is 326 g/mol. The normalized spacial score (nSPS) is 13.3. The van der Waals surface area contributed by atoms with Crippen LogP contribution >= 0.6 is 0 Å². The van der Waals surface area contributed by atoms with E-state index in [-0.39, 0.29) is 24.6 Å². The van der Waals surface area contributed by atoms with Gasteiger partial charge in [-0.15, -0.1) is 0 Å². The molecule has 4 nitrogen and oxygen atoms in total. The molecule has 126 valence electrons. The first-order chi connectivity index (χ1) is 11.5. The Hall–Kier alpha value is -2.49. The van der Waals surface area contributed by atoms with Crippen LogP contribution in [-0.4, -0.2) is 24.1 Å². The first-order valence-electron chi connectivity index (χ1n) is 8.18. The summed E-state index contributed by atoms with van der Waals surface area (Å²) >= 11 is 0. The van der Waals surface area contributed by atoms with Crippen LogP contribution in [0.3, 0.4) is 0 Å². The molecule has 0 radical (unpaired) electrons. The summed E-state index contributed by atoms with van der Waals surface area (Å²) in [5, 5.41) is 1.84. The van der Waals surface area contributed by atoms with E-state index >= 15 is 0 Å². The first-order valence-corrected chi connectivity index (χ1v) is 8.18. The lowest BCUT2D eigenvalue weighted by molar-refractivity contribution is -0.153. The smallest absolute Gasteiger partial charge is 0.317 e. The van der Waals surface area contributed by atoms with Crippen LogP contribution in [0.15, 0.2) is 42.5 Å². The summed E-state index contributed by atoms with van der Waals surface area (Å²) < 4.78 is 5.06. The van der Waals surface area contributed by atoms with Gasteiger partial charge < -0.3 is 4.74 Å². The molecule has 0 N–H and O–H groups in total. The second-order valence-corrected chi connectivity index (χ2v) is 5.71. The molecule has 2 unspecified atom stereocenters. The minimum atomic E-state index is -1.11. The van der Waals surface area contributed by atoms with Gasteiger partial charge in [0.1, 0.15) is 17.5 Å². The highest BCUT2D eigenvalue weighted by Crippen LogP contribution is 2.34. The summed E-state index contributed by atoms with van der Waals surface area (Å²) in [6, 6.07) is 13.2. The molecule has 0 bridgehead atoms. The maximum Gasteiger partial charge on any atom is 0.317 e. The summed E-state index contributed by atoms with van der Waals surface area (Å²) in [4.78, 5) is 37.2. The van der Waals surface area contributed by atoms with Gasteiger partial charge in [0.2, 0.25) is 0 Å². The summed E-state index contributed by atoms with van der Waals surface area (Å²) in [7, 11) is 0. The number of ether oxygens (including phenoxy) is 1. The zero-order valence-corrected chi connectivity index (χ0v) is 14.2. The number of hydrogen-bond donors (Lipinski definition) is 0. The van der Waals surface area contributed by atoms with Crippen LogP contribution in [0.1, 0.15) is 38.7 Å². The molecule has 2 aromatic rings. The molecule has 0 aliphatic heterocycles. The zero-order valence-electron chi connectivity index (χ0n) is 14.2. The highest BCUT2D eigenvalue weighted by molar-refractivity contribution is 6.06. The molecule has 2 rings (SSSR count). The molecule has 0 aromatic heterocycles. The van der Waals surface area contributed by atoms with Crippen molar-refractivity contribution in [2.45, 2.75) is 33.1 Å². The second-order valence-electron chi connectivity index (χ2n) is 5.71. The van der Waals surface area contributed by atoms with Gasteiger partial charge in [0.15, 0.2) is 0 Å². The predicted octanol–water partition coefficient (Wildman–Crippen LogP) is 3.67. The van der Waals surface area contributed by atoms with Crippen LogP contribution in [0.5, 0.6) is 0 Å². The molecule has 0 fully saturated rings. The summed E-state index contributed by atoms with van der Waals surface area (Å²) in [5.74, 6) is -3.06. The fourth-order valence-corrected chi connectivity index (χ4v) is 3.05. The van der Waals surface area contributed by atoms with E-state index in [1.165, 1.54) is 6.92 Å². The lowest BCUT2D eigenvalue weighted by Gasteiger charge is -2.24. The fourth-order valence-electron chi connectivity index (χ4n) is 3.05. The number of ketones is 2. The van der Waals surface area contributed by atoms with Crippen LogP contribution < -0.4 is 0 Å². The van der Waals surface area contributed by atoms with Crippen LogP contribution in [0.25, 0.3) is 10.8 Å². The molecular weight excluding hydrogens is 304 g/mol. The first kappa shape index (κ1) is 17.9. The number of rotatable bonds is 7. The molecule has 2 aromatic carbocycles. The minimum absolute atomic E-state index is 0.139. The van der Waals surface area contributed by atoms with E-state index in [2.05, 4.69) is 0 Å². The predicted molar refractivity (Wildman–Crippen MR) is 92.8 cm³/mol. The topological polar surface area (TPSA) is 60.4 Å². The number of Topliss-reactive ketones (excluding diaryl/α,β-unsaturated/α-hetero) is 2. The number of carbonyl (C=O) groups excluding carboxylic acids is 3. The Labute approximate surface area is 141 Å². The van der Waals surface area contributed by atoms with E-state index in [0.29, 0.717) is 5.56 Å². The maximum atomic E-state index is 12.7. The van der Waals surface area contributed by atoms with Crippen molar-refractivity contribution in [2.75, 3.05) is 6.61 Å². The van der Waals surface area contributed by atoms with Crippen molar-refractivity contribution in [3.05, 3.63) is 48.0 Å². The molecule has 24 heavy (non-hydrogen) atoms. The van der Waals surface area contributed by atoms with E-state index in [4.69, 9.17) is 4.74 Å². The number of carbonyl (C=O) groups is 3. The lowest BCUT2D eigenvalue weighted by Crippen LogP contribution is -2.34. The summed E-state index contributed by atoms with van der Waals surface area (Å²) in [6.45, 7) is 4.93. The van der Waals surface area contributed by atoms with Crippen molar-refractivity contribution in [2.24, 2.45) is 5.92 Å². The molecule has 0 heterocycles. The Morgan fingerprint density at radius 1 is 1.00 bits per heavy atom. The van der Waals surface area contributed by atoms with Crippen molar-refractivity contribution in [1.29, 1.82) is 0 Å². The van der Waals surface area contributed by atoms with Gasteiger partial charge in [-0.25, -0.2) is 0 Å². The largest absolute Gasteiger partial charge is 0.465 e. The van der Waals surface area contributed by atoms with Gasteiger partial charge in [-0.05, 0) is 30.2 Å². The van der Waals surface area contributed by atoms with E-state index in [1.54, 1.807) is 13.8 Å². The van der Waals surface area contributed by atoms with Gasteiger partial charge in [-0.2, -0.15) is 0 Å². The van der Waals surface area contributed by atoms with Crippen LogP contribution in [0.2, 0.25) is 0 Å². The third kappa shape index (κ3) is 3.53. The highest BCUT2D eigenvalue weighted by Gasteiger charge is 2.39. The molecule has 0 amide bonds. The van der Waals surface area contributed by atoms with Crippen molar-refractivity contribution < 1.29 is 19.1 Å². The van der Waals surface area contributed by atoms with E-state index < -0.39 is 17.8 Å². The van der Waals surface area contributed by atoms with E-state index in [9.17, 15) is 14.4 Å². The molecular formula is C20H22O4. The summed E-state index contributed by atoms with van der Waals surface area (Å²) in [6.07, 6.45) is 0.247. The third-order valence-electron chi connectivity index (χ3n) is 4.17. The van der Waals surface area contributed by atoms with Crippen molar-refractivity contribution >= 4 is 28.3 Å². The zero-order chi connectivity index (χ0) is 17.7. The van der Waals surface area contributed by atoms with Crippen LogP contribution in [0.4, 0.5) is 0 Å². The van der Waals surface area contributed by atoms with Crippen molar-refractivity contribution in [1.82, 2.24) is 0 Å². The molecule has 4 heteroatoms. The Bertz CT molecular complexity index is 758. The van der Waals surface area contributed by atoms with Crippen LogP contribution in [-0.2, 0) is 19.1 Å². The highest BCUT2D eigenvalue weighted by atomic mass is 16.5. The molecule has 0 aliphatic rings. The Balaban J connectivity index is 2.65. The van der Waals surface area contributed by atoms with Crippen molar-refractivity contribution in [3.63, 3.8) is 0 Å². The van der Waals surface area contributed by atoms with Gasteiger partial charge in [-0.3, -0.25) is 14.4 Å². The number of esters is 1. The van der Waals surface area contributed by atoms with Gasteiger partial charge >= 0.3 is 5.97 Å². The third-order valence-corrected chi connectivity index (χ3v) is 4.17. The fraction of sp³-hybridized carbons (Fsp3) is 0.350. The Morgan fingerprint density at radius 3 is 2.29 bits per heavy atom. The van der Waals surface area contributed by atoms with Gasteiger partial charge in [0.25, 0.3) is 0 Å². The van der Waals surface area contributed by atoms with Gasteiger partial charge in [0.05, 0.1) is 12.5 Å². The minimum Gasteiger partial charge on any atom is -0.465 e. The Kier molecular flexibility index (Phi) is 5.85. The van der Waals surface area contributed by atoms with E-state index in [0.717, 1.165) is 10.8 Å². The molecule has 0 saturated carbocycles. The van der Waals surface area contributed by atoms with Gasteiger partial charge in [0, 0.05) is 6.42 Å². The quantitative estimate of drug-likeness (QED) is 0.575. The maximum absolute atomic E-state index is 12.7. The molecule has 2 atom stereocenters. The number of benzene rings is 2. The second kappa shape index (κ2) is 7.86. The average Bonchev–Trinajstić information content (AvgIpc) is 2.58. The standard InChI is InChI=1S/C20H22O4/c1-4-17(22)19(18(13(3)21)20(23)24-5-2)16-12-8-10-14-9-6-7-11-15(14)16/h6-12,18-19H,4-5H2,1-3H3. The number of fused-ring (bicyclic) bond motifs is 1. The SMILES string of the molecule is CCOC(=O)C(C(C)=O)C(C(=O)CC)c1cccc2ccccc12. The number of hydrogen-bond acceptors (Lipinski definition) is 4. The van der Waals surface area contributed by atoms with E-state index in [1.807, 2.05) is 42.5 Å². The molecule has 0 spiro atoms. The summed E-state index contributed by atoms with van der Waals surface area (Å²) in [5.41, 5.74) is 0.702. The van der Waals surface area contributed by atoms with Crippen LogP contribution in [0, 0.1) is 5.92 Å².